The van der Waals surface area contributed by atoms with E-state index in [1.165, 1.54) is 6.21 Å². The lowest BCUT2D eigenvalue weighted by atomic mass is 9.89. The highest BCUT2D eigenvalue weighted by Crippen LogP contribution is 2.26. The molecule has 0 aromatic heterocycles. The van der Waals surface area contributed by atoms with Crippen molar-refractivity contribution in [2.45, 2.75) is 25.8 Å². The molecular formula is C30H29N3O3. The van der Waals surface area contributed by atoms with E-state index < -0.39 is 17.9 Å². The topological polar surface area (TPSA) is 90.8 Å². The molecule has 3 N–H and O–H groups in total. The van der Waals surface area contributed by atoms with Crippen molar-refractivity contribution in [1.82, 2.24) is 10.7 Å². The van der Waals surface area contributed by atoms with Gasteiger partial charge in [-0.3, -0.25) is 9.59 Å². The first-order chi connectivity index (χ1) is 17.5. The molecule has 6 nitrogen and oxygen atoms in total. The number of phenols is 1. The van der Waals surface area contributed by atoms with E-state index in [9.17, 15) is 14.7 Å². The Bertz CT molecular complexity index is 1330. The molecule has 0 saturated heterocycles. The largest absolute Gasteiger partial charge is 0.507 e. The van der Waals surface area contributed by atoms with Gasteiger partial charge in [-0.2, -0.15) is 5.10 Å². The predicted molar refractivity (Wildman–Crippen MR) is 143 cm³/mol. The molecule has 36 heavy (non-hydrogen) atoms. The van der Waals surface area contributed by atoms with Crippen molar-refractivity contribution in [1.29, 1.82) is 0 Å². The minimum Gasteiger partial charge on any atom is -0.507 e. The average molecular weight is 480 g/mol. The number of hydrazone groups is 1. The minimum absolute atomic E-state index is 0.0639. The van der Waals surface area contributed by atoms with Gasteiger partial charge in [-0.05, 0) is 33.9 Å². The highest BCUT2D eigenvalue weighted by Gasteiger charge is 2.29. The number of hydrogen-bond donors (Lipinski definition) is 3. The molecule has 0 aliphatic rings. The molecule has 2 amide bonds. The molecule has 0 fully saturated rings. The molecule has 182 valence electrons. The first kappa shape index (κ1) is 24.7. The number of hydrogen-bond acceptors (Lipinski definition) is 4. The summed E-state index contributed by atoms with van der Waals surface area (Å²) in [5, 5.41) is 19.1. The Labute approximate surface area is 210 Å². The van der Waals surface area contributed by atoms with Crippen LogP contribution in [0.3, 0.4) is 0 Å². The van der Waals surface area contributed by atoms with Crippen LogP contribution < -0.4 is 10.7 Å². The van der Waals surface area contributed by atoms with Crippen LogP contribution in [0.4, 0.5) is 0 Å². The van der Waals surface area contributed by atoms with Crippen molar-refractivity contribution in [3.63, 3.8) is 0 Å². The molecule has 0 aliphatic heterocycles. The number of carbonyl (C=O) groups is 2. The number of fused-ring (bicyclic) bond motifs is 1. The number of rotatable bonds is 8. The smallest absolute Gasteiger partial charge is 0.262 e. The van der Waals surface area contributed by atoms with Crippen LogP contribution in [0.1, 0.15) is 36.5 Å². The molecule has 0 saturated carbocycles. The maximum atomic E-state index is 13.5. The van der Waals surface area contributed by atoms with Gasteiger partial charge in [-0.1, -0.05) is 105 Å². The van der Waals surface area contributed by atoms with Crippen molar-refractivity contribution in [3.05, 3.63) is 114 Å². The second-order valence-corrected chi connectivity index (χ2v) is 8.94. The molecule has 1 atom stereocenters. The number of nitrogens with one attached hydrogen (secondary N) is 2. The van der Waals surface area contributed by atoms with Crippen LogP contribution >= 0.6 is 0 Å². The van der Waals surface area contributed by atoms with E-state index in [1.54, 1.807) is 6.07 Å². The third-order valence-corrected chi connectivity index (χ3v) is 6.09. The molecule has 1 unspecified atom stereocenters. The summed E-state index contributed by atoms with van der Waals surface area (Å²) in [5.74, 6) is -1.38. The van der Waals surface area contributed by atoms with Gasteiger partial charge in [0, 0.05) is 5.56 Å². The van der Waals surface area contributed by atoms with Gasteiger partial charge in [-0.25, -0.2) is 5.43 Å². The van der Waals surface area contributed by atoms with Crippen LogP contribution in [-0.4, -0.2) is 29.2 Å². The van der Waals surface area contributed by atoms with E-state index >= 15 is 0 Å². The van der Waals surface area contributed by atoms with Crippen molar-refractivity contribution >= 4 is 28.8 Å². The number of carbonyl (C=O) groups excluding carboxylic acids is 2. The highest BCUT2D eigenvalue weighted by atomic mass is 16.3. The molecule has 4 aromatic rings. The molecule has 0 aliphatic carbocycles. The second kappa shape index (κ2) is 11.3. The molecule has 0 heterocycles. The summed E-state index contributed by atoms with van der Waals surface area (Å²) in [7, 11) is 0. The highest BCUT2D eigenvalue weighted by molar-refractivity contribution is 6.02. The lowest BCUT2D eigenvalue weighted by Gasteiger charge is -2.24. The monoisotopic (exact) mass is 479 g/mol. The van der Waals surface area contributed by atoms with Gasteiger partial charge >= 0.3 is 0 Å². The third kappa shape index (κ3) is 5.61. The molecule has 0 radical (unpaired) electrons. The van der Waals surface area contributed by atoms with Crippen molar-refractivity contribution in [2.24, 2.45) is 11.0 Å². The minimum atomic E-state index is -0.800. The zero-order valence-electron chi connectivity index (χ0n) is 20.3. The van der Waals surface area contributed by atoms with Crippen LogP contribution in [0.25, 0.3) is 10.8 Å². The van der Waals surface area contributed by atoms with E-state index in [1.807, 2.05) is 105 Å². The van der Waals surface area contributed by atoms with Crippen LogP contribution in [0.5, 0.6) is 5.75 Å². The summed E-state index contributed by atoms with van der Waals surface area (Å²) in [6, 6.07) is 29.2. The Kier molecular flexibility index (Phi) is 7.75. The fourth-order valence-electron chi connectivity index (χ4n) is 4.21. The molecule has 0 bridgehead atoms. The third-order valence-electron chi connectivity index (χ3n) is 6.09. The quantitative estimate of drug-likeness (QED) is 0.246. The Balaban J connectivity index is 1.53. The Morgan fingerprint density at radius 2 is 1.36 bits per heavy atom. The summed E-state index contributed by atoms with van der Waals surface area (Å²) < 4.78 is 0. The van der Waals surface area contributed by atoms with Crippen LogP contribution in [0, 0.1) is 5.92 Å². The van der Waals surface area contributed by atoms with Gasteiger partial charge in [0.05, 0.1) is 12.1 Å². The van der Waals surface area contributed by atoms with Gasteiger partial charge in [-0.15, -0.1) is 0 Å². The number of amides is 2. The molecule has 4 aromatic carbocycles. The summed E-state index contributed by atoms with van der Waals surface area (Å²) in [6.45, 7) is 3.73. The first-order valence-corrected chi connectivity index (χ1v) is 11.9. The van der Waals surface area contributed by atoms with E-state index in [0.29, 0.717) is 5.56 Å². The SMILES string of the molecule is CC(C)C(NC(=O)C(c1ccccc1)c1ccccc1)C(=O)NN=Cc1c(O)ccc2ccccc12. The van der Waals surface area contributed by atoms with Crippen molar-refractivity contribution in [2.75, 3.05) is 0 Å². The van der Waals surface area contributed by atoms with E-state index in [4.69, 9.17) is 0 Å². The van der Waals surface area contributed by atoms with Crippen molar-refractivity contribution in [3.8, 4) is 5.75 Å². The lowest BCUT2D eigenvalue weighted by Crippen LogP contribution is -2.50. The van der Waals surface area contributed by atoms with Gasteiger partial charge in [0.25, 0.3) is 5.91 Å². The summed E-state index contributed by atoms with van der Waals surface area (Å²) in [5.41, 5.74) is 4.72. The molecule has 6 heteroatoms. The Morgan fingerprint density at radius 3 is 1.97 bits per heavy atom. The van der Waals surface area contributed by atoms with E-state index in [0.717, 1.165) is 21.9 Å². The van der Waals surface area contributed by atoms with Crippen LogP contribution in [0.15, 0.2) is 102 Å². The summed E-state index contributed by atoms with van der Waals surface area (Å²) in [6.07, 6.45) is 1.42. The van der Waals surface area contributed by atoms with Gasteiger partial charge in [0.2, 0.25) is 5.91 Å². The van der Waals surface area contributed by atoms with E-state index in [-0.39, 0.29) is 17.6 Å². The Hall–Kier alpha value is -4.45. The molecule has 0 spiro atoms. The van der Waals surface area contributed by atoms with Crippen LogP contribution in [-0.2, 0) is 9.59 Å². The molecular weight excluding hydrogens is 450 g/mol. The molecule has 4 rings (SSSR count). The normalized spacial score (nSPS) is 12.2. The predicted octanol–water partition coefficient (Wildman–Crippen LogP) is 4.97. The summed E-state index contributed by atoms with van der Waals surface area (Å²) >= 11 is 0. The lowest BCUT2D eigenvalue weighted by molar-refractivity contribution is -0.130. The number of phenolic OH excluding ortho intramolecular Hbond substituents is 1. The zero-order valence-corrected chi connectivity index (χ0v) is 20.3. The maximum Gasteiger partial charge on any atom is 0.262 e. The fraction of sp³-hybridized carbons (Fsp3) is 0.167. The Morgan fingerprint density at radius 1 is 0.778 bits per heavy atom. The number of benzene rings is 4. The average Bonchev–Trinajstić information content (AvgIpc) is 2.89. The maximum absolute atomic E-state index is 13.5. The van der Waals surface area contributed by atoms with Gasteiger partial charge < -0.3 is 10.4 Å². The number of aromatic hydroxyl groups is 1. The van der Waals surface area contributed by atoms with Crippen molar-refractivity contribution < 1.29 is 14.7 Å². The van der Waals surface area contributed by atoms with Crippen LogP contribution in [0.2, 0.25) is 0 Å². The standard InChI is InChI=1S/C30H29N3O3/c1-20(2)28(30(36)33-31-19-25-24-16-10-9-11-21(24)17-18-26(25)34)32-29(35)27(22-12-5-3-6-13-22)23-14-7-4-8-15-23/h3-20,27-28,34H,1-2H3,(H,32,35)(H,33,36). The fourth-order valence-corrected chi connectivity index (χ4v) is 4.21. The summed E-state index contributed by atoms with van der Waals surface area (Å²) in [4.78, 5) is 26.5. The van der Waals surface area contributed by atoms with Gasteiger partial charge in [0.15, 0.2) is 0 Å². The van der Waals surface area contributed by atoms with Gasteiger partial charge in [0.1, 0.15) is 11.8 Å². The second-order valence-electron chi connectivity index (χ2n) is 8.94. The van der Waals surface area contributed by atoms with E-state index in [2.05, 4.69) is 15.8 Å². The zero-order chi connectivity index (χ0) is 25.5. The number of nitrogens with zero attached hydrogens (tertiary/aromatic N) is 1. The first-order valence-electron chi connectivity index (χ1n) is 11.9.